The summed E-state index contributed by atoms with van der Waals surface area (Å²) in [6.45, 7) is 5.41. The lowest BCUT2D eigenvalue weighted by atomic mass is 10.1. The number of hydrogen-bond acceptors (Lipinski definition) is 3. The fraction of sp³-hybridized carbons (Fsp3) is 0.625. The zero-order valence-corrected chi connectivity index (χ0v) is 13.4. The summed E-state index contributed by atoms with van der Waals surface area (Å²) in [6, 6.07) is 2.90. The number of nitrogens with zero attached hydrogens (tertiary/aromatic N) is 1. The summed E-state index contributed by atoms with van der Waals surface area (Å²) >= 11 is 0. The van der Waals surface area contributed by atoms with Gasteiger partial charge in [-0.2, -0.15) is 0 Å². The molecular formula is C16H26F2N2O. The van der Waals surface area contributed by atoms with Crippen LogP contribution in [0.25, 0.3) is 0 Å². The van der Waals surface area contributed by atoms with Gasteiger partial charge in [0.25, 0.3) is 0 Å². The lowest BCUT2D eigenvalue weighted by Gasteiger charge is -2.33. The molecule has 120 valence electrons. The molecule has 3 nitrogen and oxygen atoms in total. The molecule has 0 unspecified atom stereocenters. The summed E-state index contributed by atoms with van der Waals surface area (Å²) in [7, 11) is 3.34. The molecule has 0 amide bonds. The van der Waals surface area contributed by atoms with E-state index in [9.17, 15) is 8.78 Å². The first-order chi connectivity index (χ1) is 10.1. The molecule has 0 aromatic heterocycles. The highest BCUT2D eigenvalue weighted by molar-refractivity contribution is 5.51. The average Bonchev–Trinajstić information content (AvgIpc) is 2.44. The maximum atomic E-state index is 14.4. The Morgan fingerprint density at radius 2 is 1.76 bits per heavy atom. The van der Waals surface area contributed by atoms with E-state index >= 15 is 0 Å². The molecule has 0 saturated heterocycles. The van der Waals surface area contributed by atoms with Gasteiger partial charge in [-0.3, -0.25) is 0 Å². The Balaban J connectivity index is 3.16. The van der Waals surface area contributed by atoms with Crippen molar-refractivity contribution in [1.29, 1.82) is 0 Å². The van der Waals surface area contributed by atoms with E-state index in [1.165, 1.54) is 12.1 Å². The Morgan fingerprint density at radius 3 is 2.19 bits per heavy atom. The van der Waals surface area contributed by atoms with Crippen LogP contribution in [0.3, 0.4) is 0 Å². The summed E-state index contributed by atoms with van der Waals surface area (Å²) in [5.74, 6) is -1.02. The number of methoxy groups -OCH3 is 1. The predicted molar refractivity (Wildman–Crippen MR) is 82.7 cm³/mol. The normalized spacial score (nSPS) is 11.2. The quantitative estimate of drug-likeness (QED) is 0.757. The maximum Gasteiger partial charge on any atom is 0.149 e. The average molecular weight is 300 g/mol. The van der Waals surface area contributed by atoms with Gasteiger partial charge in [-0.15, -0.1) is 0 Å². The number of hydrogen-bond donors (Lipinski definition) is 1. The lowest BCUT2D eigenvalue weighted by Crippen LogP contribution is -2.38. The van der Waals surface area contributed by atoms with Crippen molar-refractivity contribution in [3.63, 3.8) is 0 Å². The van der Waals surface area contributed by atoms with Gasteiger partial charge in [0.05, 0.1) is 6.61 Å². The molecule has 0 saturated carbocycles. The van der Waals surface area contributed by atoms with Crippen LogP contribution in [0.2, 0.25) is 0 Å². The van der Waals surface area contributed by atoms with E-state index in [0.717, 1.165) is 12.8 Å². The molecule has 0 heterocycles. The number of nitrogens with one attached hydrogen (secondary N) is 1. The smallest absolute Gasteiger partial charge is 0.149 e. The summed E-state index contributed by atoms with van der Waals surface area (Å²) in [5.41, 5.74) is 0.660. The van der Waals surface area contributed by atoms with Crippen molar-refractivity contribution in [2.24, 2.45) is 0 Å². The fourth-order valence-electron chi connectivity index (χ4n) is 2.59. The summed E-state index contributed by atoms with van der Waals surface area (Å²) < 4.78 is 33.9. The molecule has 5 heteroatoms. The molecule has 0 spiro atoms. The zero-order valence-electron chi connectivity index (χ0n) is 13.4. The van der Waals surface area contributed by atoms with Gasteiger partial charge in [0.1, 0.15) is 17.3 Å². The van der Waals surface area contributed by atoms with Crippen molar-refractivity contribution in [3.05, 3.63) is 29.3 Å². The van der Waals surface area contributed by atoms with Crippen molar-refractivity contribution in [1.82, 2.24) is 5.32 Å². The van der Waals surface area contributed by atoms with Crippen molar-refractivity contribution in [3.8, 4) is 0 Å². The minimum atomic E-state index is -0.511. The molecule has 1 N–H and O–H groups in total. The van der Waals surface area contributed by atoms with E-state index in [1.54, 1.807) is 19.1 Å². The first-order valence-electron chi connectivity index (χ1n) is 7.47. The SMILES string of the molecule is CCC(CC)N(CCOC)c1c(F)cc(CNC)cc1F. The second kappa shape index (κ2) is 8.95. The Morgan fingerprint density at radius 1 is 1.19 bits per heavy atom. The van der Waals surface area contributed by atoms with Gasteiger partial charge < -0.3 is 15.0 Å². The van der Waals surface area contributed by atoms with Gasteiger partial charge in [-0.1, -0.05) is 13.8 Å². The number of halogens is 2. The Hall–Kier alpha value is -1.20. The van der Waals surface area contributed by atoms with E-state index in [-0.39, 0.29) is 11.7 Å². The van der Waals surface area contributed by atoms with Crippen LogP contribution >= 0.6 is 0 Å². The van der Waals surface area contributed by atoms with Gasteiger partial charge in [-0.25, -0.2) is 8.78 Å². The van der Waals surface area contributed by atoms with Crippen LogP contribution in [0.1, 0.15) is 32.3 Å². The van der Waals surface area contributed by atoms with Crippen LogP contribution in [-0.4, -0.2) is 33.4 Å². The number of anilines is 1. The van der Waals surface area contributed by atoms with Crippen LogP contribution in [0.5, 0.6) is 0 Å². The second-order valence-electron chi connectivity index (χ2n) is 5.09. The minimum Gasteiger partial charge on any atom is -0.383 e. The molecular weight excluding hydrogens is 274 g/mol. The van der Waals surface area contributed by atoms with Crippen molar-refractivity contribution >= 4 is 5.69 Å². The molecule has 1 aromatic carbocycles. The van der Waals surface area contributed by atoms with Crippen LogP contribution in [0.15, 0.2) is 12.1 Å². The third-order valence-corrected chi connectivity index (χ3v) is 3.66. The van der Waals surface area contributed by atoms with E-state index < -0.39 is 11.6 Å². The fourth-order valence-corrected chi connectivity index (χ4v) is 2.59. The number of rotatable bonds is 9. The Bertz CT molecular complexity index is 413. The lowest BCUT2D eigenvalue weighted by molar-refractivity contribution is 0.202. The third-order valence-electron chi connectivity index (χ3n) is 3.66. The molecule has 0 aliphatic rings. The molecule has 1 rings (SSSR count). The van der Waals surface area contributed by atoms with Gasteiger partial charge in [0.15, 0.2) is 0 Å². The molecule has 0 aliphatic carbocycles. The monoisotopic (exact) mass is 300 g/mol. The standard InChI is InChI=1S/C16H26F2N2O/c1-5-13(6-2)20(7-8-21-4)16-14(17)9-12(11-19-3)10-15(16)18/h9-10,13,19H,5-8,11H2,1-4H3. The highest BCUT2D eigenvalue weighted by Crippen LogP contribution is 2.28. The van der Waals surface area contributed by atoms with Crippen LogP contribution < -0.4 is 10.2 Å². The molecule has 0 bridgehead atoms. The zero-order chi connectivity index (χ0) is 15.8. The molecule has 0 atom stereocenters. The van der Waals surface area contributed by atoms with Gasteiger partial charge in [0, 0.05) is 26.2 Å². The van der Waals surface area contributed by atoms with Crippen molar-refractivity contribution < 1.29 is 13.5 Å². The summed E-state index contributed by atoms with van der Waals surface area (Å²) in [4.78, 5) is 1.79. The van der Waals surface area contributed by atoms with Crippen LogP contribution in [0, 0.1) is 11.6 Å². The Labute approximate surface area is 126 Å². The van der Waals surface area contributed by atoms with E-state index in [2.05, 4.69) is 5.32 Å². The summed E-state index contributed by atoms with van der Waals surface area (Å²) in [5, 5.41) is 2.90. The highest BCUT2D eigenvalue weighted by Gasteiger charge is 2.23. The van der Waals surface area contributed by atoms with Gasteiger partial charge in [0.2, 0.25) is 0 Å². The second-order valence-corrected chi connectivity index (χ2v) is 5.09. The number of ether oxygens (including phenoxy) is 1. The van der Waals surface area contributed by atoms with E-state index in [1.807, 2.05) is 13.8 Å². The molecule has 21 heavy (non-hydrogen) atoms. The van der Waals surface area contributed by atoms with E-state index in [0.29, 0.717) is 25.3 Å². The predicted octanol–water partition coefficient (Wildman–Crippen LogP) is 3.33. The van der Waals surface area contributed by atoms with E-state index in [4.69, 9.17) is 4.74 Å². The maximum absolute atomic E-state index is 14.4. The Kier molecular flexibility index (Phi) is 7.61. The first kappa shape index (κ1) is 17.9. The topological polar surface area (TPSA) is 24.5 Å². The van der Waals surface area contributed by atoms with Gasteiger partial charge >= 0.3 is 0 Å². The molecule has 0 fully saturated rings. The molecule has 0 radical (unpaired) electrons. The third kappa shape index (κ3) is 4.64. The van der Waals surface area contributed by atoms with Crippen LogP contribution in [-0.2, 0) is 11.3 Å². The highest BCUT2D eigenvalue weighted by atomic mass is 19.1. The molecule has 0 aliphatic heterocycles. The molecule has 1 aromatic rings. The van der Waals surface area contributed by atoms with Crippen molar-refractivity contribution in [2.45, 2.75) is 39.3 Å². The largest absolute Gasteiger partial charge is 0.383 e. The van der Waals surface area contributed by atoms with Crippen LogP contribution in [0.4, 0.5) is 14.5 Å². The van der Waals surface area contributed by atoms with Gasteiger partial charge in [-0.05, 0) is 37.6 Å². The van der Waals surface area contributed by atoms with Crippen molar-refractivity contribution in [2.75, 3.05) is 32.2 Å². The summed E-state index contributed by atoms with van der Waals surface area (Å²) in [6.07, 6.45) is 1.66. The minimum absolute atomic E-state index is 0.0561. The number of benzene rings is 1. The first-order valence-corrected chi connectivity index (χ1v) is 7.47.